The fourth-order valence-electron chi connectivity index (χ4n) is 1.56. The highest BCUT2D eigenvalue weighted by Crippen LogP contribution is 2.15. The van der Waals surface area contributed by atoms with Crippen LogP contribution in [0, 0.1) is 0 Å². The van der Waals surface area contributed by atoms with Gasteiger partial charge in [-0.15, -0.1) is 6.58 Å². The van der Waals surface area contributed by atoms with Crippen LogP contribution < -0.4 is 10.2 Å². The number of urea groups is 1. The summed E-state index contributed by atoms with van der Waals surface area (Å²) in [7, 11) is 1.25. The molecule has 0 aliphatic rings. The van der Waals surface area contributed by atoms with E-state index in [9.17, 15) is 9.59 Å². The van der Waals surface area contributed by atoms with Gasteiger partial charge in [-0.25, -0.2) is 4.79 Å². The first kappa shape index (κ1) is 16.2. The first-order valence-corrected chi connectivity index (χ1v) is 6.13. The van der Waals surface area contributed by atoms with Crippen molar-refractivity contribution >= 4 is 23.9 Å². The second-order valence-corrected chi connectivity index (χ2v) is 3.97. The number of anilines is 1. The molecule has 0 radical (unpaired) electrons. The largest absolute Gasteiger partial charge is 0.468 e. The Morgan fingerprint density at radius 2 is 2.10 bits per heavy atom. The first-order valence-electron chi connectivity index (χ1n) is 6.13. The van der Waals surface area contributed by atoms with Crippen LogP contribution in [0.4, 0.5) is 10.5 Å². The minimum Gasteiger partial charge on any atom is -0.468 e. The molecule has 0 spiro atoms. The minimum atomic E-state index is -0.531. The maximum Gasteiger partial charge on any atom is 0.325 e. The van der Waals surface area contributed by atoms with E-state index in [2.05, 4.69) is 21.8 Å². The molecule has 21 heavy (non-hydrogen) atoms. The number of amides is 2. The zero-order chi connectivity index (χ0) is 15.7. The summed E-state index contributed by atoms with van der Waals surface area (Å²) in [4.78, 5) is 24.5. The van der Waals surface area contributed by atoms with Gasteiger partial charge in [0.15, 0.2) is 0 Å². The Kier molecular flexibility index (Phi) is 6.46. The summed E-state index contributed by atoms with van der Waals surface area (Å²) in [5.41, 5.74) is 1.31. The van der Waals surface area contributed by atoms with E-state index in [-0.39, 0.29) is 13.1 Å². The standard InChI is InChI=1S/C14H17N3O4/c1-3-8-17(14(19)15-10-13(18)21-2)12-6-4-11(5-7-12)9-16-20/h3-7,9,20H,1,8,10H2,2H3,(H,15,19). The Hall–Kier alpha value is -2.83. The zero-order valence-corrected chi connectivity index (χ0v) is 11.7. The maximum atomic E-state index is 12.1. The summed E-state index contributed by atoms with van der Waals surface area (Å²) in [5, 5.41) is 13.8. The van der Waals surface area contributed by atoms with Crippen LogP contribution in [0.3, 0.4) is 0 Å². The molecule has 112 valence electrons. The molecule has 2 amide bonds. The molecule has 1 aromatic carbocycles. The van der Waals surface area contributed by atoms with Gasteiger partial charge >= 0.3 is 12.0 Å². The number of esters is 1. The Morgan fingerprint density at radius 1 is 1.43 bits per heavy atom. The second kappa shape index (κ2) is 8.36. The summed E-state index contributed by atoms with van der Waals surface area (Å²) in [6.07, 6.45) is 2.85. The lowest BCUT2D eigenvalue weighted by molar-refractivity contribution is -0.139. The van der Waals surface area contributed by atoms with E-state index in [4.69, 9.17) is 5.21 Å². The van der Waals surface area contributed by atoms with Crippen LogP contribution in [0.15, 0.2) is 42.1 Å². The van der Waals surface area contributed by atoms with Crippen LogP contribution in [-0.2, 0) is 9.53 Å². The number of hydrogen-bond donors (Lipinski definition) is 2. The molecule has 7 heteroatoms. The Morgan fingerprint density at radius 3 is 2.62 bits per heavy atom. The van der Waals surface area contributed by atoms with Crippen LogP contribution in [0.2, 0.25) is 0 Å². The van der Waals surface area contributed by atoms with Crippen molar-refractivity contribution < 1.29 is 19.5 Å². The van der Waals surface area contributed by atoms with Crippen molar-refractivity contribution in [3.8, 4) is 0 Å². The zero-order valence-electron chi connectivity index (χ0n) is 11.7. The number of carbonyl (C=O) groups excluding carboxylic acids is 2. The van der Waals surface area contributed by atoms with E-state index >= 15 is 0 Å². The lowest BCUT2D eigenvalue weighted by Crippen LogP contribution is -2.42. The fourth-order valence-corrected chi connectivity index (χ4v) is 1.56. The molecule has 0 fully saturated rings. The Balaban J connectivity index is 2.82. The van der Waals surface area contributed by atoms with Crippen molar-refractivity contribution in [3.63, 3.8) is 0 Å². The van der Waals surface area contributed by atoms with Crippen LogP contribution in [-0.4, -0.2) is 43.6 Å². The predicted octanol–water partition coefficient (Wildman–Crippen LogP) is 1.37. The van der Waals surface area contributed by atoms with Crippen molar-refractivity contribution in [1.82, 2.24) is 5.32 Å². The molecular formula is C14H17N3O4. The highest BCUT2D eigenvalue weighted by Gasteiger charge is 2.15. The van der Waals surface area contributed by atoms with E-state index < -0.39 is 12.0 Å². The van der Waals surface area contributed by atoms with E-state index in [1.165, 1.54) is 18.2 Å². The quantitative estimate of drug-likeness (QED) is 0.272. The summed E-state index contributed by atoms with van der Waals surface area (Å²) >= 11 is 0. The minimum absolute atomic E-state index is 0.210. The third-order valence-corrected chi connectivity index (χ3v) is 2.58. The van der Waals surface area contributed by atoms with Gasteiger partial charge in [0, 0.05) is 12.2 Å². The predicted molar refractivity (Wildman–Crippen MR) is 78.8 cm³/mol. The maximum absolute atomic E-state index is 12.1. The molecule has 1 rings (SSSR count). The first-order chi connectivity index (χ1) is 10.1. The SMILES string of the molecule is C=CCN(C(=O)NCC(=O)OC)c1ccc(C=NO)cc1. The average molecular weight is 291 g/mol. The van der Waals surface area contributed by atoms with E-state index in [0.717, 1.165) is 0 Å². The van der Waals surface area contributed by atoms with Crippen LogP contribution in [0.5, 0.6) is 0 Å². The molecule has 0 aromatic heterocycles. The molecule has 0 bridgehead atoms. The number of benzene rings is 1. The molecule has 0 aliphatic carbocycles. The number of rotatable bonds is 6. The van der Waals surface area contributed by atoms with Crippen molar-refractivity contribution in [3.05, 3.63) is 42.5 Å². The third-order valence-electron chi connectivity index (χ3n) is 2.58. The van der Waals surface area contributed by atoms with Gasteiger partial charge in [0.05, 0.1) is 13.3 Å². The molecule has 0 saturated heterocycles. The van der Waals surface area contributed by atoms with Gasteiger partial charge in [-0.1, -0.05) is 23.4 Å². The van der Waals surface area contributed by atoms with Crippen molar-refractivity contribution in [2.75, 3.05) is 25.1 Å². The van der Waals surface area contributed by atoms with E-state index in [1.54, 1.807) is 30.3 Å². The van der Waals surface area contributed by atoms with Crippen LogP contribution in [0.25, 0.3) is 0 Å². The number of carbonyl (C=O) groups is 2. The highest BCUT2D eigenvalue weighted by molar-refractivity contribution is 5.94. The molecule has 0 heterocycles. The number of hydrogen-bond acceptors (Lipinski definition) is 5. The fraction of sp³-hybridized carbons (Fsp3) is 0.214. The van der Waals surface area contributed by atoms with Crippen molar-refractivity contribution in [1.29, 1.82) is 0 Å². The Bertz CT molecular complexity index is 526. The summed E-state index contributed by atoms with van der Waals surface area (Å²) in [6, 6.07) is 6.33. The summed E-state index contributed by atoms with van der Waals surface area (Å²) in [6.45, 7) is 3.67. The monoisotopic (exact) mass is 291 g/mol. The van der Waals surface area contributed by atoms with Gasteiger partial charge in [-0.3, -0.25) is 9.69 Å². The van der Waals surface area contributed by atoms with E-state index in [0.29, 0.717) is 11.3 Å². The van der Waals surface area contributed by atoms with Crippen molar-refractivity contribution in [2.24, 2.45) is 5.16 Å². The Labute approximate surface area is 122 Å². The van der Waals surface area contributed by atoms with Crippen LogP contribution >= 0.6 is 0 Å². The van der Waals surface area contributed by atoms with Crippen molar-refractivity contribution in [2.45, 2.75) is 0 Å². The number of nitrogens with one attached hydrogen (secondary N) is 1. The lowest BCUT2D eigenvalue weighted by atomic mass is 10.2. The molecule has 0 unspecified atom stereocenters. The highest BCUT2D eigenvalue weighted by atomic mass is 16.5. The lowest BCUT2D eigenvalue weighted by Gasteiger charge is -2.21. The molecule has 7 nitrogen and oxygen atoms in total. The molecule has 2 N–H and O–H groups in total. The second-order valence-electron chi connectivity index (χ2n) is 3.97. The topological polar surface area (TPSA) is 91.2 Å². The molecule has 0 aliphatic heterocycles. The van der Waals surface area contributed by atoms with Gasteiger partial charge in [-0.2, -0.15) is 0 Å². The van der Waals surface area contributed by atoms with Gasteiger partial charge in [0.25, 0.3) is 0 Å². The number of methoxy groups -OCH3 is 1. The van der Waals surface area contributed by atoms with Gasteiger partial charge < -0.3 is 15.3 Å². The van der Waals surface area contributed by atoms with Gasteiger partial charge in [0.2, 0.25) is 0 Å². The summed E-state index contributed by atoms with van der Waals surface area (Å²) in [5.74, 6) is -0.531. The molecule has 0 saturated carbocycles. The average Bonchev–Trinajstić information content (AvgIpc) is 2.51. The molecule has 0 atom stereocenters. The third kappa shape index (κ3) is 4.98. The summed E-state index contributed by atoms with van der Waals surface area (Å²) < 4.78 is 4.46. The smallest absolute Gasteiger partial charge is 0.325 e. The van der Waals surface area contributed by atoms with E-state index in [1.807, 2.05) is 0 Å². The van der Waals surface area contributed by atoms with Gasteiger partial charge in [-0.05, 0) is 17.7 Å². The number of oxime groups is 1. The normalized spacial score (nSPS) is 10.1. The number of ether oxygens (including phenoxy) is 1. The van der Waals surface area contributed by atoms with Gasteiger partial charge in [0.1, 0.15) is 6.54 Å². The van der Waals surface area contributed by atoms with Crippen LogP contribution in [0.1, 0.15) is 5.56 Å². The molecule has 1 aromatic rings. The molecular weight excluding hydrogens is 274 g/mol. The number of nitrogens with zero attached hydrogens (tertiary/aromatic N) is 2.